The molecule has 0 heterocycles. The molecule has 2 heteroatoms. The fourth-order valence-corrected chi connectivity index (χ4v) is 1.52. The molecule has 0 bridgehead atoms. The van der Waals surface area contributed by atoms with Crippen molar-refractivity contribution in [2.45, 2.75) is 38.6 Å². The molecule has 1 aromatic rings. The highest BCUT2D eigenvalue weighted by Gasteiger charge is 2.05. The highest BCUT2D eigenvalue weighted by atomic mass is 19.1. The lowest BCUT2D eigenvalue weighted by atomic mass is 10.0. The van der Waals surface area contributed by atoms with Gasteiger partial charge in [0.15, 0.2) is 0 Å². The summed E-state index contributed by atoms with van der Waals surface area (Å²) in [4.78, 5) is 0. The molecule has 0 spiro atoms. The van der Waals surface area contributed by atoms with E-state index in [2.05, 4.69) is 6.92 Å². The molecular formula is C12H18FN. The Bertz CT molecular complexity index is 273. The molecule has 0 amide bonds. The minimum atomic E-state index is -0.201. The van der Waals surface area contributed by atoms with Gasteiger partial charge in [0.25, 0.3) is 0 Å². The smallest absolute Gasteiger partial charge is 0.123 e. The van der Waals surface area contributed by atoms with Gasteiger partial charge in [-0.05, 0) is 24.1 Å². The average Bonchev–Trinajstić information content (AvgIpc) is 2.18. The zero-order chi connectivity index (χ0) is 10.4. The quantitative estimate of drug-likeness (QED) is 0.716. The van der Waals surface area contributed by atoms with Crippen LogP contribution < -0.4 is 5.73 Å². The summed E-state index contributed by atoms with van der Waals surface area (Å²) in [5.41, 5.74) is 6.84. The van der Waals surface area contributed by atoms with Gasteiger partial charge in [-0.1, -0.05) is 38.3 Å². The predicted molar refractivity (Wildman–Crippen MR) is 57.5 cm³/mol. The Morgan fingerprint density at radius 2 is 2.14 bits per heavy atom. The SMILES string of the molecule is CCCCC[C@@H](N)c1cccc(F)c1. The van der Waals surface area contributed by atoms with Crippen molar-refractivity contribution >= 4 is 0 Å². The van der Waals surface area contributed by atoms with Gasteiger partial charge < -0.3 is 5.73 Å². The first-order valence-corrected chi connectivity index (χ1v) is 5.25. The number of benzene rings is 1. The van der Waals surface area contributed by atoms with E-state index < -0.39 is 0 Å². The molecule has 0 aliphatic heterocycles. The molecule has 78 valence electrons. The molecule has 0 radical (unpaired) electrons. The van der Waals surface area contributed by atoms with Crippen molar-refractivity contribution in [3.05, 3.63) is 35.6 Å². The van der Waals surface area contributed by atoms with Crippen molar-refractivity contribution < 1.29 is 4.39 Å². The molecule has 0 saturated heterocycles. The molecule has 0 unspecified atom stereocenters. The second kappa shape index (κ2) is 5.76. The van der Waals surface area contributed by atoms with Crippen molar-refractivity contribution in [2.24, 2.45) is 5.73 Å². The average molecular weight is 195 g/mol. The second-order valence-electron chi connectivity index (χ2n) is 3.66. The fourth-order valence-electron chi connectivity index (χ4n) is 1.52. The number of nitrogens with two attached hydrogens (primary N) is 1. The summed E-state index contributed by atoms with van der Waals surface area (Å²) in [7, 11) is 0. The molecule has 0 aromatic heterocycles. The summed E-state index contributed by atoms with van der Waals surface area (Å²) >= 11 is 0. The van der Waals surface area contributed by atoms with E-state index in [1.165, 1.54) is 25.0 Å². The predicted octanol–water partition coefficient (Wildman–Crippen LogP) is 3.41. The van der Waals surface area contributed by atoms with Crippen LogP contribution in [0, 0.1) is 5.82 Å². The minimum Gasteiger partial charge on any atom is -0.324 e. The van der Waals surface area contributed by atoms with E-state index in [-0.39, 0.29) is 11.9 Å². The highest BCUT2D eigenvalue weighted by molar-refractivity contribution is 5.19. The van der Waals surface area contributed by atoms with E-state index in [0.717, 1.165) is 18.4 Å². The van der Waals surface area contributed by atoms with Crippen LogP contribution in [0.3, 0.4) is 0 Å². The van der Waals surface area contributed by atoms with Crippen LogP contribution in [0.25, 0.3) is 0 Å². The maximum absolute atomic E-state index is 12.9. The Hall–Kier alpha value is -0.890. The largest absolute Gasteiger partial charge is 0.324 e. The Balaban J connectivity index is 2.47. The van der Waals surface area contributed by atoms with Crippen molar-refractivity contribution in [1.82, 2.24) is 0 Å². The minimum absolute atomic E-state index is 0.0164. The number of unbranched alkanes of at least 4 members (excludes halogenated alkanes) is 2. The number of hydrogen-bond acceptors (Lipinski definition) is 1. The zero-order valence-electron chi connectivity index (χ0n) is 8.67. The first-order valence-electron chi connectivity index (χ1n) is 5.25. The van der Waals surface area contributed by atoms with Gasteiger partial charge in [0.05, 0.1) is 0 Å². The molecular weight excluding hydrogens is 177 g/mol. The molecule has 1 atom stereocenters. The van der Waals surface area contributed by atoms with E-state index in [1.54, 1.807) is 6.07 Å². The zero-order valence-corrected chi connectivity index (χ0v) is 8.67. The maximum atomic E-state index is 12.9. The molecule has 0 fully saturated rings. The third kappa shape index (κ3) is 3.46. The van der Waals surface area contributed by atoms with Crippen molar-refractivity contribution in [3.8, 4) is 0 Å². The lowest BCUT2D eigenvalue weighted by Gasteiger charge is -2.11. The first kappa shape index (κ1) is 11.2. The summed E-state index contributed by atoms with van der Waals surface area (Å²) in [6.07, 6.45) is 4.45. The van der Waals surface area contributed by atoms with Crippen LogP contribution in [0.2, 0.25) is 0 Å². The molecule has 0 aliphatic rings. The molecule has 1 nitrogen and oxygen atoms in total. The summed E-state index contributed by atoms with van der Waals surface area (Å²) in [5.74, 6) is -0.201. The van der Waals surface area contributed by atoms with E-state index in [0.29, 0.717) is 0 Å². The Morgan fingerprint density at radius 1 is 1.36 bits per heavy atom. The lowest BCUT2D eigenvalue weighted by molar-refractivity contribution is 0.572. The van der Waals surface area contributed by atoms with Crippen molar-refractivity contribution in [2.75, 3.05) is 0 Å². The molecule has 1 rings (SSSR count). The van der Waals surface area contributed by atoms with Gasteiger partial charge >= 0.3 is 0 Å². The van der Waals surface area contributed by atoms with Crippen LogP contribution in [0.5, 0.6) is 0 Å². The normalized spacial score (nSPS) is 12.8. The van der Waals surface area contributed by atoms with Crippen LogP contribution in [-0.4, -0.2) is 0 Å². The van der Waals surface area contributed by atoms with E-state index >= 15 is 0 Å². The van der Waals surface area contributed by atoms with Gasteiger partial charge in [-0.15, -0.1) is 0 Å². The Labute approximate surface area is 85.1 Å². The molecule has 0 aliphatic carbocycles. The standard InChI is InChI=1S/C12H18FN/c1-2-3-4-8-12(14)10-6-5-7-11(13)9-10/h5-7,9,12H,2-4,8,14H2,1H3/t12-/m1/s1. The molecule has 1 aromatic carbocycles. The number of halogens is 1. The van der Waals surface area contributed by atoms with Gasteiger partial charge in [0.1, 0.15) is 5.82 Å². The van der Waals surface area contributed by atoms with Crippen LogP contribution in [0.15, 0.2) is 24.3 Å². The maximum Gasteiger partial charge on any atom is 0.123 e. The fraction of sp³-hybridized carbons (Fsp3) is 0.500. The monoisotopic (exact) mass is 195 g/mol. The third-order valence-electron chi connectivity index (χ3n) is 2.40. The highest BCUT2D eigenvalue weighted by Crippen LogP contribution is 2.17. The van der Waals surface area contributed by atoms with Crippen molar-refractivity contribution in [1.29, 1.82) is 0 Å². The Morgan fingerprint density at radius 3 is 2.79 bits per heavy atom. The van der Waals surface area contributed by atoms with Crippen molar-refractivity contribution in [3.63, 3.8) is 0 Å². The molecule has 2 N–H and O–H groups in total. The van der Waals surface area contributed by atoms with Gasteiger partial charge in [0.2, 0.25) is 0 Å². The van der Waals surface area contributed by atoms with E-state index in [4.69, 9.17) is 5.73 Å². The Kier molecular flexibility index (Phi) is 4.60. The van der Waals surface area contributed by atoms with Crippen LogP contribution in [0.4, 0.5) is 4.39 Å². The van der Waals surface area contributed by atoms with E-state index in [1.807, 2.05) is 6.07 Å². The van der Waals surface area contributed by atoms with Gasteiger partial charge in [-0.3, -0.25) is 0 Å². The third-order valence-corrected chi connectivity index (χ3v) is 2.40. The topological polar surface area (TPSA) is 26.0 Å². The number of rotatable bonds is 5. The van der Waals surface area contributed by atoms with Gasteiger partial charge in [-0.25, -0.2) is 4.39 Å². The summed E-state index contributed by atoms with van der Waals surface area (Å²) in [6.45, 7) is 2.16. The lowest BCUT2D eigenvalue weighted by Crippen LogP contribution is -2.10. The second-order valence-corrected chi connectivity index (χ2v) is 3.66. The van der Waals surface area contributed by atoms with Crippen LogP contribution >= 0.6 is 0 Å². The molecule has 14 heavy (non-hydrogen) atoms. The van der Waals surface area contributed by atoms with Gasteiger partial charge in [0, 0.05) is 6.04 Å². The number of hydrogen-bond donors (Lipinski definition) is 1. The van der Waals surface area contributed by atoms with Crippen LogP contribution in [-0.2, 0) is 0 Å². The van der Waals surface area contributed by atoms with E-state index in [9.17, 15) is 4.39 Å². The first-order chi connectivity index (χ1) is 6.74. The molecule has 0 saturated carbocycles. The summed E-state index contributed by atoms with van der Waals surface area (Å²) in [5, 5.41) is 0. The summed E-state index contributed by atoms with van der Waals surface area (Å²) in [6, 6.07) is 6.56. The van der Waals surface area contributed by atoms with Crippen LogP contribution in [0.1, 0.15) is 44.2 Å². The summed E-state index contributed by atoms with van der Waals surface area (Å²) < 4.78 is 12.9. The van der Waals surface area contributed by atoms with Gasteiger partial charge in [-0.2, -0.15) is 0 Å².